The molecule has 3 rings (SSSR count). The van der Waals surface area contributed by atoms with Crippen molar-refractivity contribution in [1.82, 2.24) is 25.0 Å². The lowest BCUT2D eigenvalue weighted by Gasteiger charge is -2.06. The van der Waals surface area contributed by atoms with Crippen LogP contribution in [0.1, 0.15) is 26.8 Å². The first kappa shape index (κ1) is 15.5. The number of amides is 1. The van der Waals surface area contributed by atoms with Gasteiger partial charge in [-0.2, -0.15) is 5.10 Å². The van der Waals surface area contributed by atoms with Crippen LogP contribution < -0.4 is 5.32 Å². The standard InChI is InChI=1S/C15H14N6O3/c1-8-11(12(15(23)24-3)21(2)20-8)17-14(22)13-16-9-6-4-5-7-10(9)18-19-13/h4-7H,1-3H3,(H,17,22). The number of benzene rings is 1. The lowest BCUT2D eigenvalue weighted by molar-refractivity contribution is 0.0589. The predicted molar refractivity (Wildman–Crippen MR) is 84.6 cm³/mol. The highest BCUT2D eigenvalue weighted by molar-refractivity contribution is 6.06. The van der Waals surface area contributed by atoms with E-state index < -0.39 is 11.9 Å². The van der Waals surface area contributed by atoms with E-state index in [0.717, 1.165) is 0 Å². The maximum absolute atomic E-state index is 12.4. The molecule has 0 unspecified atom stereocenters. The average molecular weight is 326 g/mol. The van der Waals surface area contributed by atoms with E-state index in [9.17, 15) is 9.59 Å². The van der Waals surface area contributed by atoms with Crippen LogP contribution in [0.25, 0.3) is 11.0 Å². The second-order valence-corrected chi connectivity index (χ2v) is 5.00. The van der Waals surface area contributed by atoms with E-state index >= 15 is 0 Å². The number of ether oxygens (including phenoxy) is 1. The van der Waals surface area contributed by atoms with Crippen molar-refractivity contribution in [3.63, 3.8) is 0 Å². The zero-order chi connectivity index (χ0) is 17.3. The van der Waals surface area contributed by atoms with Gasteiger partial charge in [-0.3, -0.25) is 9.48 Å². The molecule has 2 heterocycles. The van der Waals surface area contributed by atoms with Crippen molar-refractivity contribution in [2.45, 2.75) is 6.92 Å². The lowest BCUT2D eigenvalue weighted by atomic mass is 10.3. The summed E-state index contributed by atoms with van der Waals surface area (Å²) in [5.41, 5.74) is 2.00. The maximum atomic E-state index is 12.4. The van der Waals surface area contributed by atoms with Crippen molar-refractivity contribution in [3.05, 3.63) is 41.5 Å². The molecule has 0 radical (unpaired) electrons. The monoisotopic (exact) mass is 326 g/mol. The van der Waals surface area contributed by atoms with E-state index in [1.165, 1.54) is 11.8 Å². The molecule has 0 saturated carbocycles. The first-order valence-corrected chi connectivity index (χ1v) is 7.04. The van der Waals surface area contributed by atoms with Crippen molar-refractivity contribution in [1.29, 1.82) is 0 Å². The Labute approximate surface area is 136 Å². The molecule has 0 aliphatic rings. The van der Waals surface area contributed by atoms with Crippen LogP contribution in [0.5, 0.6) is 0 Å². The third kappa shape index (κ3) is 2.67. The average Bonchev–Trinajstić information content (AvgIpc) is 2.87. The minimum Gasteiger partial charge on any atom is -0.464 e. The summed E-state index contributed by atoms with van der Waals surface area (Å²) in [6.45, 7) is 1.67. The molecule has 9 heteroatoms. The van der Waals surface area contributed by atoms with Gasteiger partial charge in [-0.1, -0.05) is 12.1 Å². The third-order valence-electron chi connectivity index (χ3n) is 3.40. The first-order chi connectivity index (χ1) is 11.5. The fraction of sp³-hybridized carbons (Fsp3) is 0.200. The summed E-state index contributed by atoms with van der Waals surface area (Å²) in [4.78, 5) is 28.5. The van der Waals surface area contributed by atoms with Gasteiger partial charge < -0.3 is 10.1 Å². The van der Waals surface area contributed by atoms with Crippen molar-refractivity contribution < 1.29 is 14.3 Å². The van der Waals surface area contributed by atoms with Crippen LogP contribution in [0.4, 0.5) is 5.69 Å². The lowest BCUT2D eigenvalue weighted by Crippen LogP contribution is -2.19. The molecule has 3 aromatic rings. The second kappa shape index (κ2) is 6.03. The highest BCUT2D eigenvalue weighted by atomic mass is 16.5. The number of para-hydroxylation sites is 1. The number of hydrogen-bond acceptors (Lipinski definition) is 7. The molecular weight excluding hydrogens is 312 g/mol. The second-order valence-electron chi connectivity index (χ2n) is 5.00. The number of methoxy groups -OCH3 is 1. The van der Waals surface area contributed by atoms with E-state index in [1.807, 2.05) is 0 Å². The number of carbonyl (C=O) groups is 2. The van der Waals surface area contributed by atoms with Gasteiger partial charge in [0.25, 0.3) is 5.91 Å². The van der Waals surface area contributed by atoms with Gasteiger partial charge in [0.05, 0.1) is 24.0 Å². The van der Waals surface area contributed by atoms with Crippen LogP contribution in [-0.4, -0.2) is 43.9 Å². The molecule has 0 fully saturated rings. The van der Waals surface area contributed by atoms with Gasteiger partial charge in [-0.25, -0.2) is 9.78 Å². The van der Waals surface area contributed by atoms with E-state index in [2.05, 4.69) is 25.6 Å². The Kier molecular flexibility index (Phi) is 3.90. The van der Waals surface area contributed by atoms with Gasteiger partial charge in [-0.15, -0.1) is 10.2 Å². The number of esters is 1. The zero-order valence-corrected chi connectivity index (χ0v) is 13.3. The molecule has 0 saturated heterocycles. The van der Waals surface area contributed by atoms with Crippen LogP contribution in [0.3, 0.4) is 0 Å². The minimum absolute atomic E-state index is 0.104. The Morgan fingerprint density at radius 3 is 2.58 bits per heavy atom. The van der Waals surface area contributed by atoms with Crippen LogP contribution >= 0.6 is 0 Å². The van der Waals surface area contributed by atoms with Gasteiger partial charge >= 0.3 is 5.97 Å². The van der Waals surface area contributed by atoms with E-state index in [-0.39, 0.29) is 17.2 Å². The van der Waals surface area contributed by atoms with Crippen LogP contribution in [0.15, 0.2) is 24.3 Å². The molecule has 0 bridgehead atoms. The number of rotatable bonds is 3. The Hall–Kier alpha value is -3.36. The van der Waals surface area contributed by atoms with E-state index in [0.29, 0.717) is 16.7 Å². The molecular formula is C15H14N6O3. The Balaban J connectivity index is 1.95. The molecule has 2 aromatic heterocycles. The summed E-state index contributed by atoms with van der Waals surface area (Å²) in [6.07, 6.45) is 0. The summed E-state index contributed by atoms with van der Waals surface area (Å²) >= 11 is 0. The first-order valence-electron chi connectivity index (χ1n) is 7.04. The molecule has 0 aliphatic carbocycles. The minimum atomic E-state index is -0.606. The van der Waals surface area contributed by atoms with Crippen LogP contribution in [0, 0.1) is 6.92 Å². The predicted octanol–water partition coefficient (Wildman–Crippen LogP) is 1.11. The maximum Gasteiger partial charge on any atom is 0.358 e. The highest BCUT2D eigenvalue weighted by Gasteiger charge is 2.23. The molecule has 0 aliphatic heterocycles. The fourth-order valence-electron chi connectivity index (χ4n) is 2.29. The number of aromatic nitrogens is 5. The van der Waals surface area contributed by atoms with Crippen molar-refractivity contribution in [2.24, 2.45) is 7.05 Å². The number of nitrogens with one attached hydrogen (secondary N) is 1. The van der Waals surface area contributed by atoms with Gasteiger partial charge in [0, 0.05) is 7.05 Å². The smallest absolute Gasteiger partial charge is 0.358 e. The van der Waals surface area contributed by atoms with E-state index in [4.69, 9.17) is 4.74 Å². The number of anilines is 1. The summed E-state index contributed by atoms with van der Waals surface area (Å²) in [7, 11) is 2.84. The summed E-state index contributed by atoms with van der Waals surface area (Å²) < 4.78 is 6.06. The normalized spacial score (nSPS) is 10.6. The number of carbonyl (C=O) groups excluding carboxylic acids is 2. The number of fused-ring (bicyclic) bond motifs is 1. The molecule has 1 N–H and O–H groups in total. The Bertz CT molecular complexity index is 950. The van der Waals surface area contributed by atoms with Crippen LogP contribution in [0.2, 0.25) is 0 Å². The molecule has 1 amide bonds. The van der Waals surface area contributed by atoms with Gasteiger partial charge in [0.2, 0.25) is 5.82 Å². The SMILES string of the molecule is COC(=O)c1c(NC(=O)c2nnc3ccccc3n2)c(C)nn1C. The van der Waals surface area contributed by atoms with Gasteiger partial charge in [0.15, 0.2) is 5.69 Å². The third-order valence-corrected chi connectivity index (χ3v) is 3.40. The molecule has 0 spiro atoms. The number of hydrogen-bond donors (Lipinski definition) is 1. The number of nitrogens with zero attached hydrogens (tertiary/aromatic N) is 5. The fourth-order valence-corrected chi connectivity index (χ4v) is 2.29. The van der Waals surface area contributed by atoms with Gasteiger partial charge in [-0.05, 0) is 19.1 Å². The quantitative estimate of drug-likeness (QED) is 0.717. The van der Waals surface area contributed by atoms with Crippen molar-refractivity contribution >= 4 is 28.6 Å². The Morgan fingerprint density at radius 1 is 1.17 bits per heavy atom. The molecule has 9 nitrogen and oxygen atoms in total. The van der Waals surface area contributed by atoms with E-state index in [1.54, 1.807) is 38.2 Å². The highest BCUT2D eigenvalue weighted by Crippen LogP contribution is 2.21. The Morgan fingerprint density at radius 2 is 1.88 bits per heavy atom. The summed E-state index contributed by atoms with van der Waals surface area (Å²) in [5, 5.41) is 14.5. The zero-order valence-electron chi connectivity index (χ0n) is 13.3. The topological polar surface area (TPSA) is 112 Å². The molecule has 122 valence electrons. The summed E-state index contributed by atoms with van der Waals surface area (Å²) in [5.74, 6) is -1.30. The van der Waals surface area contributed by atoms with Crippen molar-refractivity contribution in [2.75, 3.05) is 12.4 Å². The summed E-state index contributed by atoms with van der Waals surface area (Å²) in [6, 6.07) is 7.08. The molecule has 0 atom stereocenters. The molecule has 24 heavy (non-hydrogen) atoms. The van der Waals surface area contributed by atoms with Crippen LogP contribution in [-0.2, 0) is 11.8 Å². The number of aryl methyl sites for hydroxylation is 2. The largest absolute Gasteiger partial charge is 0.464 e. The van der Waals surface area contributed by atoms with Gasteiger partial charge in [0.1, 0.15) is 5.52 Å². The molecule has 1 aromatic carbocycles. The van der Waals surface area contributed by atoms with Crippen molar-refractivity contribution in [3.8, 4) is 0 Å².